The van der Waals surface area contributed by atoms with E-state index >= 15 is 0 Å². The molecule has 0 spiro atoms. The van der Waals surface area contributed by atoms with Crippen molar-refractivity contribution in [3.8, 4) is 0 Å². The quantitative estimate of drug-likeness (QED) is 0.798. The number of rotatable bonds is 3. The van der Waals surface area contributed by atoms with Gasteiger partial charge in [-0.2, -0.15) is 0 Å². The SMILES string of the molecule is CC(=O)[C@@]12O[C@H]3CC[C@@H](OC(=O)C(C)C)[C@@H]1[C@H]3C[C@@]2(C)O. The molecule has 1 aliphatic heterocycles. The molecule has 3 aliphatic rings. The molecule has 6 atom stereocenters. The fourth-order valence-electron chi connectivity index (χ4n) is 4.73. The zero-order chi connectivity index (χ0) is 15.6. The minimum atomic E-state index is -1.21. The summed E-state index contributed by atoms with van der Waals surface area (Å²) in [5.41, 5.74) is -2.39. The monoisotopic (exact) mass is 296 g/mol. The molecule has 1 heterocycles. The van der Waals surface area contributed by atoms with Gasteiger partial charge in [-0.05, 0) is 39.0 Å². The van der Waals surface area contributed by atoms with Crippen molar-refractivity contribution >= 4 is 11.8 Å². The van der Waals surface area contributed by atoms with Crippen LogP contribution in [0.15, 0.2) is 0 Å². The van der Waals surface area contributed by atoms with Crippen molar-refractivity contribution in [2.45, 2.75) is 70.4 Å². The van der Waals surface area contributed by atoms with Crippen LogP contribution in [0.25, 0.3) is 0 Å². The Bertz CT molecular complexity index is 483. The molecule has 5 heteroatoms. The highest BCUT2D eigenvalue weighted by molar-refractivity contribution is 5.88. The summed E-state index contributed by atoms with van der Waals surface area (Å²) in [4.78, 5) is 24.3. The molecule has 0 aromatic rings. The van der Waals surface area contributed by atoms with E-state index in [0.717, 1.165) is 6.42 Å². The van der Waals surface area contributed by atoms with Crippen molar-refractivity contribution in [2.75, 3.05) is 0 Å². The van der Waals surface area contributed by atoms with E-state index in [9.17, 15) is 14.7 Å². The Balaban J connectivity index is 1.95. The van der Waals surface area contributed by atoms with Gasteiger partial charge in [-0.1, -0.05) is 13.8 Å². The number of ether oxygens (including phenoxy) is 2. The second kappa shape index (κ2) is 4.53. The molecular formula is C16H24O5. The summed E-state index contributed by atoms with van der Waals surface area (Å²) in [6.07, 6.45) is 1.70. The largest absolute Gasteiger partial charge is 0.462 e. The average Bonchev–Trinajstić information content (AvgIpc) is 2.72. The zero-order valence-electron chi connectivity index (χ0n) is 13.1. The number of Topliss-reactive ketones (excluding diaryl/α,β-unsaturated/α-hetero) is 1. The molecule has 5 nitrogen and oxygen atoms in total. The van der Waals surface area contributed by atoms with Crippen LogP contribution in [-0.4, -0.2) is 40.3 Å². The Hall–Kier alpha value is -0.940. The minimum Gasteiger partial charge on any atom is -0.462 e. The number of hydrogen-bond acceptors (Lipinski definition) is 5. The van der Waals surface area contributed by atoms with Crippen LogP contribution in [0.1, 0.15) is 47.0 Å². The summed E-state index contributed by atoms with van der Waals surface area (Å²) in [6.45, 7) is 6.73. The Morgan fingerprint density at radius 2 is 2.00 bits per heavy atom. The van der Waals surface area contributed by atoms with Crippen molar-refractivity contribution in [3.05, 3.63) is 0 Å². The third-order valence-electron chi connectivity index (χ3n) is 5.58. The van der Waals surface area contributed by atoms with Crippen LogP contribution in [0.3, 0.4) is 0 Å². The predicted octanol–water partition coefficient (Wildman–Crippen LogP) is 1.46. The summed E-state index contributed by atoms with van der Waals surface area (Å²) in [6, 6.07) is 0. The topological polar surface area (TPSA) is 72.8 Å². The fraction of sp³-hybridized carbons (Fsp3) is 0.875. The van der Waals surface area contributed by atoms with E-state index in [1.165, 1.54) is 6.92 Å². The van der Waals surface area contributed by atoms with Gasteiger partial charge < -0.3 is 14.6 Å². The molecule has 21 heavy (non-hydrogen) atoms. The van der Waals surface area contributed by atoms with Crippen molar-refractivity contribution in [1.29, 1.82) is 0 Å². The maximum Gasteiger partial charge on any atom is 0.308 e. The first-order valence-corrected chi connectivity index (χ1v) is 7.82. The van der Waals surface area contributed by atoms with E-state index in [1.807, 2.05) is 0 Å². The molecule has 0 aromatic carbocycles. The van der Waals surface area contributed by atoms with Crippen LogP contribution in [0.2, 0.25) is 0 Å². The third-order valence-corrected chi connectivity index (χ3v) is 5.58. The Labute approximate surface area is 125 Å². The van der Waals surface area contributed by atoms with E-state index in [-0.39, 0.29) is 41.7 Å². The lowest BCUT2D eigenvalue weighted by molar-refractivity contribution is -0.197. The van der Waals surface area contributed by atoms with Gasteiger partial charge in [0.25, 0.3) is 0 Å². The van der Waals surface area contributed by atoms with Gasteiger partial charge in [0.05, 0.1) is 17.6 Å². The molecule has 0 aromatic heterocycles. The van der Waals surface area contributed by atoms with Gasteiger partial charge in [-0.15, -0.1) is 0 Å². The van der Waals surface area contributed by atoms with Gasteiger partial charge in [0.2, 0.25) is 0 Å². The van der Waals surface area contributed by atoms with E-state index < -0.39 is 11.2 Å². The highest BCUT2D eigenvalue weighted by atomic mass is 16.6. The second-order valence-electron chi connectivity index (χ2n) is 7.32. The van der Waals surface area contributed by atoms with Crippen LogP contribution in [0.4, 0.5) is 0 Å². The second-order valence-corrected chi connectivity index (χ2v) is 7.32. The molecule has 0 radical (unpaired) electrons. The van der Waals surface area contributed by atoms with Crippen LogP contribution >= 0.6 is 0 Å². The fourth-order valence-corrected chi connectivity index (χ4v) is 4.73. The van der Waals surface area contributed by atoms with E-state index in [1.54, 1.807) is 20.8 Å². The molecular weight excluding hydrogens is 272 g/mol. The van der Waals surface area contributed by atoms with Gasteiger partial charge >= 0.3 is 5.97 Å². The van der Waals surface area contributed by atoms with Crippen LogP contribution in [0, 0.1) is 17.8 Å². The zero-order valence-corrected chi connectivity index (χ0v) is 13.1. The van der Waals surface area contributed by atoms with Crippen molar-refractivity contribution in [2.24, 2.45) is 17.8 Å². The summed E-state index contributed by atoms with van der Waals surface area (Å²) < 4.78 is 11.7. The molecule has 118 valence electrons. The van der Waals surface area contributed by atoms with Gasteiger partial charge in [-0.25, -0.2) is 0 Å². The maximum absolute atomic E-state index is 12.3. The first-order valence-electron chi connectivity index (χ1n) is 7.82. The molecule has 4 bridgehead atoms. The molecule has 0 amide bonds. The smallest absolute Gasteiger partial charge is 0.308 e. The Kier molecular flexibility index (Phi) is 3.23. The number of hydrogen-bond donors (Lipinski definition) is 1. The number of esters is 1. The maximum atomic E-state index is 12.3. The standard InChI is InChI=1S/C16H24O5/c1-8(2)14(18)20-12-6-5-11-10-7-15(4,19)16(21-11,9(3)17)13(10)12/h8,10-13,19H,5-7H2,1-4H3/t10-,11-,12+,13-,15+,16+/m0/s1. The number of aliphatic hydroxyl groups is 1. The molecule has 2 saturated carbocycles. The van der Waals surface area contributed by atoms with Crippen molar-refractivity contribution in [3.63, 3.8) is 0 Å². The van der Waals surface area contributed by atoms with Crippen LogP contribution in [0.5, 0.6) is 0 Å². The highest BCUT2D eigenvalue weighted by Crippen LogP contribution is 2.63. The van der Waals surface area contributed by atoms with Crippen LogP contribution < -0.4 is 0 Å². The lowest BCUT2D eigenvalue weighted by Crippen LogP contribution is -2.59. The normalized spacial score (nSPS) is 47.7. The molecule has 1 N–H and O–H groups in total. The predicted molar refractivity (Wildman–Crippen MR) is 74.5 cm³/mol. The van der Waals surface area contributed by atoms with E-state index in [0.29, 0.717) is 12.8 Å². The summed E-state index contributed by atoms with van der Waals surface area (Å²) in [7, 11) is 0. The van der Waals surface area contributed by atoms with Crippen molar-refractivity contribution in [1.82, 2.24) is 0 Å². The Morgan fingerprint density at radius 1 is 1.33 bits per heavy atom. The average molecular weight is 296 g/mol. The van der Waals surface area contributed by atoms with Gasteiger partial charge in [-0.3, -0.25) is 9.59 Å². The lowest BCUT2D eigenvalue weighted by Gasteiger charge is -2.41. The van der Waals surface area contributed by atoms with Crippen molar-refractivity contribution < 1.29 is 24.2 Å². The van der Waals surface area contributed by atoms with Gasteiger partial charge in [0, 0.05) is 5.92 Å². The minimum absolute atomic E-state index is 0.00753. The number of carbonyl (C=O) groups excluding carboxylic acids is 2. The molecule has 3 fully saturated rings. The highest BCUT2D eigenvalue weighted by Gasteiger charge is 2.75. The van der Waals surface area contributed by atoms with E-state index in [4.69, 9.17) is 9.47 Å². The number of carbonyl (C=O) groups is 2. The molecule has 0 unspecified atom stereocenters. The first kappa shape index (κ1) is 15.0. The summed E-state index contributed by atoms with van der Waals surface area (Å²) >= 11 is 0. The summed E-state index contributed by atoms with van der Waals surface area (Å²) in [5, 5.41) is 10.7. The molecule has 1 saturated heterocycles. The lowest BCUT2D eigenvalue weighted by atomic mass is 9.73. The number of ketones is 1. The molecule has 2 aliphatic carbocycles. The van der Waals surface area contributed by atoms with Crippen LogP contribution in [-0.2, 0) is 19.1 Å². The molecule has 3 rings (SSSR count). The Morgan fingerprint density at radius 3 is 2.57 bits per heavy atom. The van der Waals surface area contributed by atoms with E-state index in [2.05, 4.69) is 0 Å². The third kappa shape index (κ3) is 1.83. The first-order chi connectivity index (χ1) is 9.70. The summed E-state index contributed by atoms with van der Waals surface area (Å²) in [5.74, 6) is -0.719. The van der Waals surface area contributed by atoms with Gasteiger partial charge in [0.1, 0.15) is 6.10 Å². The van der Waals surface area contributed by atoms with Gasteiger partial charge in [0.15, 0.2) is 11.4 Å².